The van der Waals surface area contributed by atoms with Crippen molar-refractivity contribution >= 4 is 17.4 Å². The van der Waals surface area contributed by atoms with Crippen LogP contribution in [0.1, 0.15) is 16.1 Å². The van der Waals surface area contributed by atoms with Gasteiger partial charge in [-0.05, 0) is 36.2 Å². The summed E-state index contributed by atoms with van der Waals surface area (Å²) in [7, 11) is 1.51. The first-order valence-corrected chi connectivity index (χ1v) is 10.6. The highest BCUT2D eigenvalue weighted by molar-refractivity contribution is 5.94. The van der Waals surface area contributed by atoms with E-state index < -0.39 is 6.04 Å². The van der Waals surface area contributed by atoms with Crippen molar-refractivity contribution in [3.63, 3.8) is 0 Å². The predicted octanol–water partition coefficient (Wildman–Crippen LogP) is 2.51. The van der Waals surface area contributed by atoms with E-state index in [-0.39, 0.29) is 24.0 Å². The maximum absolute atomic E-state index is 13.3. The van der Waals surface area contributed by atoms with Gasteiger partial charge in [0.1, 0.15) is 23.1 Å². The molecule has 3 N–H and O–H groups in total. The van der Waals surface area contributed by atoms with E-state index in [0.717, 1.165) is 16.8 Å². The summed E-state index contributed by atoms with van der Waals surface area (Å²) in [6.45, 7) is 3.22. The van der Waals surface area contributed by atoms with Crippen LogP contribution in [0.25, 0.3) is 11.1 Å². The maximum Gasteiger partial charge on any atom is 0.273 e. The van der Waals surface area contributed by atoms with E-state index in [1.165, 1.54) is 19.2 Å². The second-order valence-corrected chi connectivity index (χ2v) is 7.95. The maximum atomic E-state index is 13.3. The number of nitrogens with two attached hydrogens (primary N) is 1. The van der Waals surface area contributed by atoms with Crippen LogP contribution in [0.15, 0.2) is 48.8 Å². The monoisotopic (exact) mass is 451 g/mol. The van der Waals surface area contributed by atoms with Crippen LogP contribution in [0.4, 0.5) is 15.9 Å². The third-order valence-corrected chi connectivity index (χ3v) is 5.86. The van der Waals surface area contributed by atoms with E-state index in [2.05, 4.69) is 14.9 Å². The zero-order valence-electron chi connectivity index (χ0n) is 18.5. The molecule has 172 valence electrons. The molecule has 1 amide bonds. The van der Waals surface area contributed by atoms with Gasteiger partial charge in [0.05, 0.1) is 31.6 Å². The van der Waals surface area contributed by atoms with Crippen molar-refractivity contribution in [2.45, 2.75) is 13.0 Å². The molecule has 2 aromatic heterocycles. The molecule has 3 heterocycles. The fourth-order valence-electron chi connectivity index (χ4n) is 4.12. The molecule has 0 radical (unpaired) electrons. The first-order valence-electron chi connectivity index (χ1n) is 10.6. The standard InChI is InChI=1S/C24H26FN5O3/c1-15-9-23(26)28-12-21(15)29-7-8-30(18(13-29)14-31)24(32)20-10-22(33-2)19(11-27-20)16-3-5-17(25)6-4-16/h3-6,9-12,18,31H,7-8,13-14H2,1-2H3,(H2,26,28)/t18-/m1/s1. The highest BCUT2D eigenvalue weighted by atomic mass is 19.1. The lowest BCUT2D eigenvalue weighted by Gasteiger charge is -2.42. The van der Waals surface area contributed by atoms with Gasteiger partial charge in [-0.15, -0.1) is 0 Å². The molecule has 0 spiro atoms. The first kappa shape index (κ1) is 22.5. The van der Waals surface area contributed by atoms with E-state index in [1.807, 2.05) is 6.92 Å². The van der Waals surface area contributed by atoms with Crippen LogP contribution in [0.3, 0.4) is 0 Å². The number of benzene rings is 1. The summed E-state index contributed by atoms with van der Waals surface area (Å²) in [5, 5.41) is 10.0. The molecule has 1 aliphatic heterocycles. The minimum Gasteiger partial charge on any atom is -0.496 e. The van der Waals surface area contributed by atoms with Gasteiger partial charge in [0, 0.05) is 37.5 Å². The average Bonchev–Trinajstić information content (AvgIpc) is 2.83. The van der Waals surface area contributed by atoms with E-state index in [1.54, 1.807) is 41.6 Å². The summed E-state index contributed by atoms with van der Waals surface area (Å²) in [4.78, 5) is 25.5. The summed E-state index contributed by atoms with van der Waals surface area (Å²) in [5.41, 5.74) is 9.28. The van der Waals surface area contributed by atoms with Crippen molar-refractivity contribution in [2.24, 2.45) is 0 Å². The summed E-state index contributed by atoms with van der Waals surface area (Å²) >= 11 is 0. The number of amides is 1. The Kier molecular flexibility index (Phi) is 6.41. The molecular formula is C24H26FN5O3. The van der Waals surface area contributed by atoms with Gasteiger partial charge in [0.25, 0.3) is 5.91 Å². The quantitative estimate of drug-likeness (QED) is 0.614. The van der Waals surface area contributed by atoms with Gasteiger partial charge in [-0.1, -0.05) is 12.1 Å². The lowest BCUT2D eigenvalue weighted by molar-refractivity contribution is 0.0559. The molecular weight excluding hydrogens is 425 g/mol. The van der Waals surface area contributed by atoms with Crippen LogP contribution in [0, 0.1) is 12.7 Å². The van der Waals surface area contributed by atoms with Gasteiger partial charge in [-0.3, -0.25) is 9.78 Å². The zero-order valence-corrected chi connectivity index (χ0v) is 18.5. The van der Waals surface area contributed by atoms with Crippen molar-refractivity contribution in [2.75, 3.05) is 44.0 Å². The number of piperazine rings is 1. The van der Waals surface area contributed by atoms with Crippen molar-refractivity contribution < 1.29 is 19.0 Å². The minimum atomic E-state index is -0.409. The van der Waals surface area contributed by atoms with Gasteiger partial charge in [-0.25, -0.2) is 9.37 Å². The number of pyridine rings is 2. The number of anilines is 2. The van der Waals surface area contributed by atoms with Crippen molar-refractivity contribution in [1.82, 2.24) is 14.9 Å². The number of halogens is 1. The molecule has 0 aliphatic carbocycles. The molecule has 4 rings (SSSR count). The SMILES string of the molecule is COc1cc(C(=O)N2CCN(c3cnc(N)cc3C)C[C@@H]2CO)ncc1-c1ccc(F)cc1. The number of carbonyl (C=O) groups excluding carboxylic acids is 1. The predicted molar refractivity (Wildman–Crippen MR) is 124 cm³/mol. The van der Waals surface area contributed by atoms with Crippen molar-refractivity contribution in [3.05, 3.63) is 65.9 Å². The smallest absolute Gasteiger partial charge is 0.273 e. The highest BCUT2D eigenvalue weighted by Crippen LogP contribution is 2.31. The Hall–Kier alpha value is -3.72. The van der Waals surface area contributed by atoms with Crippen LogP contribution in [-0.4, -0.2) is 65.3 Å². The Morgan fingerprint density at radius 3 is 2.64 bits per heavy atom. The van der Waals surface area contributed by atoms with Crippen LogP contribution in [0.5, 0.6) is 5.75 Å². The Labute approximate surface area is 191 Å². The van der Waals surface area contributed by atoms with Crippen molar-refractivity contribution in [1.29, 1.82) is 0 Å². The third kappa shape index (κ3) is 4.58. The summed E-state index contributed by atoms with van der Waals surface area (Å²) in [5.74, 6) is 0.289. The number of methoxy groups -OCH3 is 1. The molecule has 1 atom stereocenters. The summed E-state index contributed by atoms with van der Waals surface area (Å²) < 4.78 is 18.8. The third-order valence-electron chi connectivity index (χ3n) is 5.86. The molecule has 9 heteroatoms. The number of nitrogens with zero attached hydrogens (tertiary/aromatic N) is 4. The number of aromatic nitrogens is 2. The van der Waals surface area contributed by atoms with Gasteiger partial charge >= 0.3 is 0 Å². The topological polar surface area (TPSA) is 105 Å². The number of aliphatic hydroxyl groups is 1. The number of aryl methyl sites for hydroxylation is 1. The molecule has 1 aliphatic rings. The summed E-state index contributed by atoms with van der Waals surface area (Å²) in [6, 6.07) is 8.95. The minimum absolute atomic E-state index is 0.186. The first-order chi connectivity index (χ1) is 15.9. The Morgan fingerprint density at radius 1 is 1.21 bits per heavy atom. The number of rotatable bonds is 5. The number of nitrogen functional groups attached to an aromatic ring is 1. The van der Waals surface area contributed by atoms with Crippen LogP contribution in [-0.2, 0) is 0 Å². The fraction of sp³-hybridized carbons (Fsp3) is 0.292. The largest absolute Gasteiger partial charge is 0.496 e. The molecule has 0 bridgehead atoms. The van der Waals surface area contributed by atoms with E-state index in [9.17, 15) is 14.3 Å². The van der Waals surface area contributed by atoms with Gasteiger partial charge in [-0.2, -0.15) is 0 Å². The number of hydrogen-bond acceptors (Lipinski definition) is 7. The van der Waals surface area contributed by atoms with E-state index in [0.29, 0.717) is 36.8 Å². The number of hydrogen-bond donors (Lipinski definition) is 2. The lowest BCUT2D eigenvalue weighted by Crippen LogP contribution is -2.57. The Morgan fingerprint density at radius 2 is 1.97 bits per heavy atom. The Bertz CT molecular complexity index is 1160. The number of aliphatic hydroxyl groups excluding tert-OH is 1. The van der Waals surface area contributed by atoms with Gasteiger partial charge < -0.3 is 25.4 Å². The fourth-order valence-corrected chi connectivity index (χ4v) is 4.12. The molecule has 8 nitrogen and oxygen atoms in total. The van der Waals surface area contributed by atoms with Crippen LogP contribution >= 0.6 is 0 Å². The van der Waals surface area contributed by atoms with Crippen LogP contribution < -0.4 is 15.4 Å². The van der Waals surface area contributed by atoms with Gasteiger partial charge in [0.2, 0.25) is 0 Å². The number of ether oxygens (including phenoxy) is 1. The second kappa shape index (κ2) is 9.41. The molecule has 0 unspecified atom stereocenters. The Balaban J connectivity index is 1.55. The van der Waals surface area contributed by atoms with Crippen molar-refractivity contribution in [3.8, 4) is 16.9 Å². The van der Waals surface area contributed by atoms with Gasteiger partial charge in [0.15, 0.2) is 0 Å². The second-order valence-electron chi connectivity index (χ2n) is 7.95. The molecule has 0 saturated carbocycles. The van der Waals surface area contributed by atoms with E-state index >= 15 is 0 Å². The van der Waals surface area contributed by atoms with Crippen LogP contribution in [0.2, 0.25) is 0 Å². The average molecular weight is 452 g/mol. The molecule has 3 aromatic rings. The highest BCUT2D eigenvalue weighted by Gasteiger charge is 2.32. The normalized spacial score (nSPS) is 16.1. The molecule has 1 aromatic carbocycles. The molecule has 33 heavy (non-hydrogen) atoms. The molecule has 1 saturated heterocycles. The zero-order chi connectivity index (χ0) is 23.5. The lowest BCUT2D eigenvalue weighted by atomic mass is 10.1. The van der Waals surface area contributed by atoms with E-state index in [4.69, 9.17) is 10.5 Å². The number of carbonyl (C=O) groups is 1. The summed E-state index contributed by atoms with van der Waals surface area (Å²) in [6.07, 6.45) is 3.27. The molecule has 1 fully saturated rings.